The molecule has 0 aromatic carbocycles. The van der Waals surface area contributed by atoms with E-state index in [-0.39, 0.29) is 7.43 Å². The first-order valence-electron chi connectivity index (χ1n) is 40.5. The Morgan fingerprint density at radius 1 is 0.108 bits per heavy atom. The minimum atomic E-state index is 0. The first-order valence-corrected chi connectivity index (χ1v) is 40.5. The molecule has 6 rings (SSSR count). The van der Waals surface area contributed by atoms with E-state index in [1.54, 1.807) is 0 Å². The quantitative estimate of drug-likeness (QED) is 0.264. The molecule has 0 spiro atoms. The predicted octanol–water partition coefficient (Wildman–Crippen LogP) is 38.9. The highest BCUT2D eigenvalue weighted by molar-refractivity contribution is 4.67. The zero-order valence-corrected chi connectivity index (χ0v) is 75.0. The van der Waals surface area contributed by atoms with Crippen LogP contribution in [0.3, 0.4) is 0 Å². The van der Waals surface area contributed by atoms with Crippen molar-refractivity contribution in [3.05, 3.63) is 0 Å². The summed E-state index contributed by atoms with van der Waals surface area (Å²) >= 11 is 0. The maximum absolute atomic E-state index is 2.36. The van der Waals surface area contributed by atoms with Crippen molar-refractivity contribution in [3.8, 4) is 0 Å². The summed E-state index contributed by atoms with van der Waals surface area (Å²) in [6.07, 6.45) is 27.0. The molecule has 0 aromatic rings. The van der Waals surface area contributed by atoms with E-state index in [2.05, 4.69) is 41.5 Å². The Hall–Kier alpha value is 0. The maximum atomic E-state index is 2.36. The van der Waals surface area contributed by atoms with E-state index >= 15 is 0 Å². The minimum Gasteiger partial charge on any atom is -0.0776 e. The van der Waals surface area contributed by atoms with Gasteiger partial charge in [-0.05, 0) is 23.7 Å². The topological polar surface area (TPSA) is 0 Å². The fourth-order valence-electron chi connectivity index (χ4n) is 1.21. The van der Waals surface area contributed by atoms with E-state index in [9.17, 15) is 0 Å². The SMILES string of the molecule is C.C1CC1.C1CC1.C1CC1.C1CC1.C1CC1.C1CC1.CC.CC.CC.CC.CC.CC.CC.CC.CC.CC.CC.CC.CC.CC.CC.CC.CC.CC.CC.CC.CC.CC.CC.CC.CC.CC.CC.CC(C)C(C)C(C)C(C)C. The lowest BCUT2D eigenvalue weighted by Crippen LogP contribution is -2.18. The summed E-state index contributed by atoms with van der Waals surface area (Å²) in [6, 6.07) is 0. The van der Waals surface area contributed by atoms with Gasteiger partial charge in [-0.25, -0.2) is 0 Å². The highest BCUT2D eigenvalue weighted by Crippen LogP contribution is 2.25. The lowest BCUT2D eigenvalue weighted by molar-refractivity contribution is 0.235. The third-order valence-corrected chi connectivity index (χ3v) is 5.05. The molecule has 6 fully saturated rings. The van der Waals surface area contributed by atoms with E-state index in [1.165, 1.54) is 116 Å². The van der Waals surface area contributed by atoms with Gasteiger partial charge in [-0.2, -0.15) is 0 Å². The molecule has 6 aliphatic carbocycles. The summed E-state index contributed by atoms with van der Waals surface area (Å²) in [4.78, 5) is 0. The van der Waals surface area contributed by atoms with Gasteiger partial charge in [0.1, 0.15) is 0 Å². The molecule has 0 heterocycles. The highest BCUT2D eigenvalue weighted by Gasteiger charge is 2.17. The van der Waals surface area contributed by atoms with Crippen LogP contribution >= 0.6 is 0 Å². The molecular weight excluding hydrogens is 997 g/mol. The van der Waals surface area contributed by atoms with Gasteiger partial charge in [0.15, 0.2) is 0 Å². The molecule has 0 heteroatoms. The standard InChI is InChI=1S/C10H22.6C3H6.27C2H6.CH4/c1-7(2)9(5)10(6)8(3)4;6*1-2-3-1;27*1-2;/h7-10H,1-6H3;6*1-3H2;27*1-2H3;1H4. The third-order valence-electron chi connectivity index (χ3n) is 5.05. The Kier molecular flexibility index (Phi) is 1380. The van der Waals surface area contributed by atoms with Crippen LogP contribution in [-0.2, 0) is 0 Å². The van der Waals surface area contributed by atoms with Gasteiger partial charge >= 0.3 is 0 Å². The molecule has 0 nitrogen and oxygen atoms in total. The van der Waals surface area contributed by atoms with Gasteiger partial charge in [0.25, 0.3) is 0 Å². The molecule has 83 heavy (non-hydrogen) atoms. The Morgan fingerprint density at radius 2 is 0.145 bits per heavy atom. The van der Waals surface area contributed by atoms with Crippen LogP contribution in [-0.4, -0.2) is 0 Å². The van der Waals surface area contributed by atoms with Crippen molar-refractivity contribution in [2.75, 3.05) is 0 Å². The third kappa shape index (κ3) is 1620. The van der Waals surface area contributed by atoms with Crippen LogP contribution in [0.4, 0.5) is 0 Å². The predicted molar refractivity (Wildman–Crippen MR) is 444 cm³/mol. The normalized spacial score (nSPS) is 9.33. The van der Waals surface area contributed by atoms with Crippen LogP contribution in [0.15, 0.2) is 0 Å². The van der Waals surface area contributed by atoms with Gasteiger partial charge in [-0.3, -0.25) is 0 Å². The van der Waals surface area contributed by atoms with E-state index < -0.39 is 0 Å². The number of rotatable bonds is 3. The largest absolute Gasteiger partial charge is 0.0776 e. The monoisotopic (exact) mass is 1220 g/mol. The molecular formula is C83H224. The van der Waals surface area contributed by atoms with Crippen LogP contribution in [0.5, 0.6) is 0 Å². The second-order valence-electron chi connectivity index (χ2n) is 10.6. The van der Waals surface area contributed by atoms with Gasteiger partial charge in [-0.15, -0.1) is 0 Å². The molecule has 0 saturated heterocycles. The van der Waals surface area contributed by atoms with Crippen LogP contribution in [0, 0.1) is 23.7 Å². The molecule has 0 amide bonds. The summed E-state index contributed by atoms with van der Waals surface area (Å²) < 4.78 is 0. The fraction of sp³-hybridized carbons (Fsp3) is 1.00. The molecule has 0 aliphatic heterocycles. The molecule has 6 saturated carbocycles. The average Bonchev–Trinajstić information content (AvgIpc) is 4.47. The Balaban J connectivity index is -0.0000000136. The van der Waals surface area contributed by atoms with Crippen LogP contribution in [0.1, 0.15) is 538 Å². The van der Waals surface area contributed by atoms with E-state index in [1.807, 2.05) is 374 Å². The zero-order valence-electron chi connectivity index (χ0n) is 75.0. The van der Waals surface area contributed by atoms with Crippen LogP contribution < -0.4 is 0 Å². The molecule has 6 aliphatic rings. The zero-order chi connectivity index (χ0) is 75.0. The van der Waals surface area contributed by atoms with Crippen molar-refractivity contribution in [2.24, 2.45) is 23.7 Å². The molecule has 0 radical (unpaired) electrons. The minimum absolute atomic E-state index is 0. The summed E-state index contributed by atoms with van der Waals surface area (Å²) in [7, 11) is 0. The van der Waals surface area contributed by atoms with Gasteiger partial charge < -0.3 is 0 Å². The molecule has 0 bridgehead atoms. The Bertz CT molecular complexity index is 203. The molecule has 2 unspecified atom stereocenters. The van der Waals surface area contributed by atoms with Gasteiger partial charge in [-0.1, -0.05) is 538 Å². The number of hydrogen-bond donors (Lipinski definition) is 0. The summed E-state index contributed by atoms with van der Waals surface area (Å²) in [5.41, 5.74) is 0. The van der Waals surface area contributed by atoms with Crippen LogP contribution in [0.2, 0.25) is 0 Å². The van der Waals surface area contributed by atoms with Gasteiger partial charge in [0.05, 0.1) is 0 Å². The van der Waals surface area contributed by atoms with Gasteiger partial charge in [0.2, 0.25) is 0 Å². The average molecular weight is 1220 g/mol. The Morgan fingerprint density at radius 3 is 0.157 bits per heavy atom. The molecule has 2 atom stereocenters. The number of hydrogen-bond acceptors (Lipinski definition) is 0. The van der Waals surface area contributed by atoms with Crippen molar-refractivity contribution < 1.29 is 0 Å². The van der Waals surface area contributed by atoms with Crippen molar-refractivity contribution in [3.63, 3.8) is 0 Å². The first-order chi connectivity index (χ1) is 40.5. The van der Waals surface area contributed by atoms with Crippen molar-refractivity contribution in [1.82, 2.24) is 0 Å². The lowest BCUT2D eigenvalue weighted by Gasteiger charge is -2.26. The second kappa shape index (κ2) is 598. The van der Waals surface area contributed by atoms with Crippen molar-refractivity contribution in [2.45, 2.75) is 538 Å². The maximum Gasteiger partial charge on any atom is -0.0391 e. The summed E-state index contributed by atoms with van der Waals surface area (Å²) in [6.45, 7) is 122. The lowest BCUT2D eigenvalue weighted by atomic mass is 9.80. The van der Waals surface area contributed by atoms with E-state index in [4.69, 9.17) is 0 Å². The molecule has 556 valence electrons. The smallest absolute Gasteiger partial charge is 0.0391 e. The van der Waals surface area contributed by atoms with Crippen molar-refractivity contribution >= 4 is 0 Å². The molecule has 0 N–H and O–H groups in total. The Labute approximate surface area is 559 Å². The fourth-order valence-corrected chi connectivity index (χ4v) is 1.21. The van der Waals surface area contributed by atoms with Gasteiger partial charge in [0, 0.05) is 0 Å². The molecule has 0 aromatic heterocycles. The van der Waals surface area contributed by atoms with E-state index in [0.717, 1.165) is 23.7 Å². The van der Waals surface area contributed by atoms with Crippen molar-refractivity contribution in [1.29, 1.82) is 0 Å². The van der Waals surface area contributed by atoms with Crippen LogP contribution in [0.25, 0.3) is 0 Å². The highest BCUT2D eigenvalue weighted by atomic mass is 14.2. The summed E-state index contributed by atoms with van der Waals surface area (Å²) in [5, 5.41) is 0. The van der Waals surface area contributed by atoms with E-state index in [0.29, 0.717) is 0 Å². The first kappa shape index (κ1) is 191. The summed E-state index contributed by atoms with van der Waals surface area (Å²) in [5.74, 6) is 3.38. The second-order valence-corrected chi connectivity index (χ2v) is 10.6.